The normalized spacial score (nSPS) is 12.0. The van der Waals surface area contributed by atoms with Crippen molar-refractivity contribution in [3.8, 4) is 0 Å². The van der Waals surface area contributed by atoms with Crippen LogP contribution in [0.2, 0.25) is 0 Å². The maximum Gasteiger partial charge on any atom is 0.471 e. The third kappa shape index (κ3) is 5.18. The minimum Gasteiger partial charge on any atom is -0.444 e. The van der Waals surface area contributed by atoms with Crippen molar-refractivity contribution in [3.63, 3.8) is 0 Å². The first-order valence-electron chi connectivity index (χ1n) is 6.75. The van der Waals surface area contributed by atoms with E-state index >= 15 is 0 Å². The molecule has 0 unspecified atom stereocenters. The number of benzene rings is 1. The Labute approximate surface area is 148 Å². The lowest BCUT2D eigenvalue weighted by atomic mass is 10.1. The fraction of sp³-hybridized carbons (Fsp3) is 0.133. The second-order valence-electron chi connectivity index (χ2n) is 4.77. The summed E-state index contributed by atoms with van der Waals surface area (Å²) in [6.07, 6.45) is -4.96. The van der Waals surface area contributed by atoms with Crippen LogP contribution in [0, 0.1) is 0 Å². The zero-order chi connectivity index (χ0) is 18.6. The number of halogens is 4. The van der Waals surface area contributed by atoms with E-state index in [1.165, 1.54) is 30.3 Å². The van der Waals surface area contributed by atoms with Crippen molar-refractivity contribution in [1.29, 1.82) is 0 Å². The number of nitrogens with one attached hydrogen (secondary N) is 2. The van der Waals surface area contributed by atoms with Crippen molar-refractivity contribution in [2.24, 2.45) is 5.10 Å². The van der Waals surface area contributed by atoms with Gasteiger partial charge < -0.3 is 9.73 Å². The van der Waals surface area contributed by atoms with Crippen LogP contribution in [0.1, 0.15) is 23.0 Å². The fourth-order valence-corrected chi connectivity index (χ4v) is 1.99. The molecule has 10 heteroatoms. The second kappa shape index (κ2) is 7.51. The van der Waals surface area contributed by atoms with Gasteiger partial charge in [-0.15, -0.1) is 0 Å². The Balaban J connectivity index is 2.01. The van der Waals surface area contributed by atoms with E-state index in [1.807, 2.05) is 0 Å². The van der Waals surface area contributed by atoms with E-state index in [2.05, 4.69) is 26.5 Å². The highest BCUT2D eigenvalue weighted by molar-refractivity contribution is 9.10. The van der Waals surface area contributed by atoms with Gasteiger partial charge >= 0.3 is 18.0 Å². The highest BCUT2D eigenvalue weighted by Gasteiger charge is 2.38. The van der Waals surface area contributed by atoms with E-state index in [0.717, 1.165) is 0 Å². The van der Waals surface area contributed by atoms with Gasteiger partial charge in [-0.1, -0.05) is 12.1 Å². The monoisotopic (exact) mass is 417 g/mol. The summed E-state index contributed by atoms with van der Waals surface area (Å²) < 4.78 is 42.0. The quantitative estimate of drug-likeness (QED) is 0.587. The number of alkyl halides is 3. The van der Waals surface area contributed by atoms with E-state index in [1.54, 1.807) is 18.3 Å². The summed E-state index contributed by atoms with van der Waals surface area (Å²) in [5, 5.41) is 5.62. The number of amides is 2. The topological polar surface area (TPSA) is 83.7 Å². The molecule has 0 fully saturated rings. The standard InChI is InChI=1S/C15H11BrF3N3O3/c1-8(21-22-13(23)11-6-7-12(16)25-11)9-2-4-10(5-3-9)20-14(24)15(17,18)19/h2-7H,1H3,(H,20,24)(H,22,23)/b21-8+. The van der Waals surface area contributed by atoms with Crippen LogP contribution in [0.4, 0.5) is 18.9 Å². The molecule has 0 aliphatic heterocycles. The summed E-state index contributed by atoms with van der Waals surface area (Å²) in [4.78, 5) is 22.6. The molecule has 0 saturated carbocycles. The van der Waals surface area contributed by atoms with Crippen LogP contribution in [0.5, 0.6) is 0 Å². The average molecular weight is 418 g/mol. The first kappa shape index (κ1) is 18.7. The Hall–Kier alpha value is -2.62. The van der Waals surface area contributed by atoms with Crippen molar-refractivity contribution >= 4 is 39.1 Å². The number of hydrazone groups is 1. The molecule has 0 aliphatic carbocycles. The van der Waals surface area contributed by atoms with Gasteiger partial charge in [-0.05, 0) is 52.7 Å². The molecule has 0 aliphatic rings. The zero-order valence-electron chi connectivity index (χ0n) is 12.6. The highest BCUT2D eigenvalue weighted by atomic mass is 79.9. The Morgan fingerprint density at radius 1 is 1.12 bits per heavy atom. The minimum atomic E-state index is -4.96. The maximum atomic E-state index is 12.2. The lowest BCUT2D eigenvalue weighted by molar-refractivity contribution is -0.167. The van der Waals surface area contributed by atoms with Gasteiger partial charge in [-0.2, -0.15) is 18.3 Å². The predicted octanol–water partition coefficient (Wildman–Crippen LogP) is 3.70. The van der Waals surface area contributed by atoms with Crippen LogP contribution >= 0.6 is 15.9 Å². The minimum absolute atomic E-state index is 0.0108. The molecule has 132 valence electrons. The summed E-state index contributed by atoms with van der Waals surface area (Å²) in [6.45, 7) is 1.60. The molecular formula is C15H11BrF3N3O3. The fourth-order valence-electron chi connectivity index (χ4n) is 1.69. The molecule has 2 amide bonds. The molecule has 0 bridgehead atoms. The molecule has 1 aromatic carbocycles. The molecule has 0 radical (unpaired) electrons. The summed E-state index contributed by atoms with van der Waals surface area (Å²) in [7, 11) is 0. The summed E-state index contributed by atoms with van der Waals surface area (Å²) in [6, 6.07) is 8.52. The lowest BCUT2D eigenvalue weighted by Crippen LogP contribution is -2.29. The number of anilines is 1. The number of hydrogen-bond donors (Lipinski definition) is 2. The Kier molecular flexibility index (Phi) is 5.62. The van der Waals surface area contributed by atoms with E-state index in [9.17, 15) is 22.8 Å². The molecule has 2 N–H and O–H groups in total. The van der Waals surface area contributed by atoms with Crippen LogP contribution in [-0.2, 0) is 4.79 Å². The Morgan fingerprint density at radius 2 is 1.76 bits per heavy atom. The van der Waals surface area contributed by atoms with E-state index < -0.39 is 18.0 Å². The Bertz CT molecular complexity index is 813. The van der Waals surface area contributed by atoms with E-state index in [0.29, 0.717) is 15.9 Å². The highest BCUT2D eigenvalue weighted by Crippen LogP contribution is 2.19. The van der Waals surface area contributed by atoms with Crippen molar-refractivity contribution in [2.45, 2.75) is 13.1 Å². The van der Waals surface area contributed by atoms with Crippen molar-refractivity contribution in [3.05, 3.63) is 52.4 Å². The maximum absolute atomic E-state index is 12.2. The van der Waals surface area contributed by atoms with Crippen LogP contribution in [0.25, 0.3) is 0 Å². The number of rotatable bonds is 4. The molecule has 2 aromatic rings. The van der Waals surface area contributed by atoms with E-state index in [-0.39, 0.29) is 11.4 Å². The molecule has 25 heavy (non-hydrogen) atoms. The molecule has 0 spiro atoms. The predicted molar refractivity (Wildman–Crippen MR) is 87.2 cm³/mol. The van der Waals surface area contributed by atoms with Crippen molar-refractivity contribution in [1.82, 2.24) is 5.43 Å². The van der Waals surface area contributed by atoms with E-state index in [4.69, 9.17) is 4.42 Å². The number of furan rings is 1. The van der Waals surface area contributed by atoms with Gasteiger partial charge in [-0.25, -0.2) is 5.43 Å². The van der Waals surface area contributed by atoms with Crippen LogP contribution in [0.15, 0.2) is 50.6 Å². The molecule has 0 saturated heterocycles. The number of nitrogens with zero attached hydrogens (tertiary/aromatic N) is 1. The van der Waals surface area contributed by atoms with Crippen LogP contribution < -0.4 is 10.7 Å². The first-order chi connectivity index (χ1) is 11.7. The smallest absolute Gasteiger partial charge is 0.444 e. The van der Waals surface area contributed by atoms with Gasteiger partial charge in [0, 0.05) is 5.69 Å². The van der Waals surface area contributed by atoms with Gasteiger partial charge in [0.05, 0.1) is 5.71 Å². The second-order valence-corrected chi connectivity index (χ2v) is 5.55. The van der Waals surface area contributed by atoms with Gasteiger partial charge in [0.15, 0.2) is 10.4 Å². The molecule has 0 atom stereocenters. The molecule has 1 heterocycles. The van der Waals surface area contributed by atoms with Gasteiger partial charge in [0.2, 0.25) is 0 Å². The van der Waals surface area contributed by atoms with Crippen LogP contribution in [-0.4, -0.2) is 23.7 Å². The third-order valence-electron chi connectivity index (χ3n) is 2.94. The summed E-state index contributed by atoms with van der Waals surface area (Å²) in [5.74, 6) is -2.55. The summed E-state index contributed by atoms with van der Waals surface area (Å²) >= 11 is 3.07. The van der Waals surface area contributed by atoms with Gasteiger partial charge in [0.1, 0.15) is 0 Å². The van der Waals surface area contributed by atoms with Gasteiger partial charge in [-0.3, -0.25) is 9.59 Å². The molecule has 2 rings (SSSR count). The number of carbonyl (C=O) groups excluding carboxylic acids is 2. The molecule has 1 aromatic heterocycles. The van der Waals surface area contributed by atoms with Crippen molar-refractivity contribution < 1.29 is 27.2 Å². The number of carbonyl (C=O) groups is 2. The van der Waals surface area contributed by atoms with Crippen LogP contribution in [0.3, 0.4) is 0 Å². The lowest BCUT2D eigenvalue weighted by Gasteiger charge is -2.08. The summed E-state index contributed by atoms with van der Waals surface area (Å²) in [5.41, 5.74) is 3.24. The number of hydrogen-bond acceptors (Lipinski definition) is 4. The van der Waals surface area contributed by atoms with Crippen molar-refractivity contribution in [2.75, 3.05) is 5.32 Å². The molecule has 6 nitrogen and oxygen atoms in total. The Morgan fingerprint density at radius 3 is 2.28 bits per heavy atom. The molecular weight excluding hydrogens is 407 g/mol. The van der Waals surface area contributed by atoms with Gasteiger partial charge in [0.25, 0.3) is 0 Å². The average Bonchev–Trinajstić information content (AvgIpc) is 2.98. The largest absolute Gasteiger partial charge is 0.471 e. The first-order valence-corrected chi connectivity index (χ1v) is 7.54. The zero-order valence-corrected chi connectivity index (χ0v) is 14.2. The third-order valence-corrected chi connectivity index (χ3v) is 3.37. The SMILES string of the molecule is C/C(=N\NC(=O)c1ccc(Br)o1)c1ccc(NC(=O)C(F)(F)F)cc1.